The number of carbonyl (C=O) groups excluding carboxylic acids is 2. The highest BCUT2D eigenvalue weighted by Gasteiger charge is 2.30. The summed E-state index contributed by atoms with van der Waals surface area (Å²) in [5.41, 5.74) is 2.21. The molecule has 0 aromatic carbocycles. The summed E-state index contributed by atoms with van der Waals surface area (Å²) >= 11 is 0. The number of nitrogens with one attached hydrogen (secondary N) is 1. The predicted molar refractivity (Wildman–Crippen MR) is 146 cm³/mol. The Bertz CT molecular complexity index is 1140. The first-order valence-electron chi connectivity index (χ1n) is 13.4. The first kappa shape index (κ1) is 29.3. The Balaban J connectivity index is 1.95. The SMILES string of the molecule is C=CC(/C=C\C(F)=C/C)c1nc(C(=O)NCC2=CC=CC(C)C2)c(C(C)C)n1CC[C@@H]1C[C@@H](O)CC(=O)O1. The first-order chi connectivity index (χ1) is 18.1. The molecule has 8 heteroatoms. The van der Waals surface area contributed by atoms with Gasteiger partial charge in [-0.25, -0.2) is 9.37 Å². The average molecular weight is 526 g/mol. The predicted octanol–water partition coefficient (Wildman–Crippen LogP) is 5.41. The summed E-state index contributed by atoms with van der Waals surface area (Å²) in [6, 6.07) is 0. The molecule has 1 aliphatic carbocycles. The fourth-order valence-electron chi connectivity index (χ4n) is 4.94. The molecule has 7 nitrogen and oxygen atoms in total. The first-order valence-corrected chi connectivity index (χ1v) is 13.4. The zero-order valence-corrected chi connectivity index (χ0v) is 22.8. The van der Waals surface area contributed by atoms with Crippen molar-refractivity contribution in [2.45, 2.75) is 84.0 Å². The summed E-state index contributed by atoms with van der Waals surface area (Å²) in [5.74, 6) is -0.592. The number of imidazole rings is 1. The minimum atomic E-state index is -0.728. The fraction of sp³-hybridized carbons (Fsp3) is 0.500. The molecule has 1 aromatic rings. The molecule has 1 saturated heterocycles. The maximum Gasteiger partial charge on any atom is 0.308 e. The van der Waals surface area contributed by atoms with Crippen molar-refractivity contribution in [3.05, 3.63) is 77.7 Å². The molecule has 2 aliphatic rings. The van der Waals surface area contributed by atoms with Gasteiger partial charge in [0, 0.05) is 25.9 Å². The third-order valence-electron chi connectivity index (χ3n) is 6.83. The lowest BCUT2D eigenvalue weighted by Gasteiger charge is -2.27. The number of allylic oxidation sites excluding steroid dienone is 8. The summed E-state index contributed by atoms with van der Waals surface area (Å²) in [6.45, 7) is 12.5. The summed E-state index contributed by atoms with van der Waals surface area (Å²) < 4.78 is 21.3. The number of carbonyl (C=O) groups is 2. The number of aliphatic hydroxyl groups excluding tert-OH is 1. The molecule has 1 aromatic heterocycles. The Labute approximate surface area is 224 Å². The highest BCUT2D eigenvalue weighted by atomic mass is 19.1. The number of nitrogens with zero attached hydrogens (tertiary/aromatic N) is 2. The minimum absolute atomic E-state index is 0.000758. The van der Waals surface area contributed by atoms with Gasteiger partial charge in [-0.2, -0.15) is 0 Å². The minimum Gasteiger partial charge on any atom is -0.462 e. The monoisotopic (exact) mass is 525 g/mol. The summed E-state index contributed by atoms with van der Waals surface area (Å²) in [7, 11) is 0. The van der Waals surface area contributed by atoms with Gasteiger partial charge >= 0.3 is 5.97 Å². The van der Waals surface area contributed by atoms with Gasteiger partial charge in [-0.15, -0.1) is 6.58 Å². The second-order valence-corrected chi connectivity index (χ2v) is 10.4. The highest BCUT2D eigenvalue weighted by Crippen LogP contribution is 2.29. The molecule has 206 valence electrons. The second-order valence-electron chi connectivity index (χ2n) is 10.4. The Morgan fingerprint density at radius 1 is 1.39 bits per heavy atom. The molecule has 1 fully saturated rings. The van der Waals surface area contributed by atoms with E-state index in [2.05, 4.69) is 24.9 Å². The number of aliphatic hydroxyl groups is 1. The van der Waals surface area contributed by atoms with Crippen molar-refractivity contribution in [2.24, 2.45) is 5.92 Å². The number of esters is 1. The molecule has 1 aliphatic heterocycles. The number of hydrogen-bond acceptors (Lipinski definition) is 5. The van der Waals surface area contributed by atoms with Crippen LogP contribution >= 0.6 is 0 Å². The lowest BCUT2D eigenvalue weighted by Crippen LogP contribution is -2.33. The van der Waals surface area contributed by atoms with Crippen LogP contribution in [0.2, 0.25) is 0 Å². The third kappa shape index (κ3) is 7.63. The summed E-state index contributed by atoms with van der Waals surface area (Å²) in [4.78, 5) is 30.1. The van der Waals surface area contributed by atoms with Crippen LogP contribution < -0.4 is 5.32 Å². The largest absolute Gasteiger partial charge is 0.462 e. The Hall–Kier alpha value is -3.26. The smallest absolute Gasteiger partial charge is 0.308 e. The highest BCUT2D eigenvalue weighted by molar-refractivity contribution is 5.94. The molecule has 2 unspecified atom stereocenters. The van der Waals surface area contributed by atoms with E-state index in [1.807, 2.05) is 30.6 Å². The van der Waals surface area contributed by atoms with Gasteiger partial charge in [0.1, 0.15) is 23.4 Å². The standard InChI is InChI=1S/C30H40FN3O4/c1-6-22(11-12-23(31)7-2)29-33-27(30(37)32-18-21-10-8-9-20(5)15-21)28(19(3)4)34(29)14-13-25-16-24(35)17-26(36)38-25/h6-12,19-20,22,24-25,35H,1,13-18H2,2-5H3,(H,32,37)/b12-11-,23-7+/t20?,22?,24-,25-/m1/s1. The summed E-state index contributed by atoms with van der Waals surface area (Å²) in [6.07, 6.45) is 12.8. The van der Waals surface area contributed by atoms with E-state index in [0.717, 1.165) is 17.7 Å². The molecule has 38 heavy (non-hydrogen) atoms. The van der Waals surface area contributed by atoms with Crippen LogP contribution in [0.1, 0.15) is 87.2 Å². The molecular weight excluding hydrogens is 485 g/mol. The van der Waals surface area contributed by atoms with Gasteiger partial charge in [0.05, 0.1) is 24.1 Å². The van der Waals surface area contributed by atoms with Crippen LogP contribution in [0.4, 0.5) is 4.39 Å². The number of hydrogen-bond donors (Lipinski definition) is 2. The number of halogens is 1. The molecule has 4 atom stereocenters. The average Bonchev–Trinajstić information content (AvgIpc) is 3.25. The van der Waals surface area contributed by atoms with Gasteiger partial charge in [0.15, 0.2) is 0 Å². The van der Waals surface area contributed by atoms with Crippen molar-refractivity contribution in [1.82, 2.24) is 14.9 Å². The van der Waals surface area contributed by atoms with Crippen LogP contribution in [-0.2, 0) is 16.1 Å². The number of rotatable bonds is 11. The topological polar surface area (TPSA) is 93.5 Å². The number of cyclic esters (lactones) is 1. The van der Waals surface area contributed by atoms with Gasteiger partial charge in [0.2, 0.25) is 0 Å². The maximum atomic E-state index is 13.9. The third-order valence-corrected chi connectivity index (χ3v) is 6.83. The summed E-state index contributed by atoms with van der Waals surface area (Å²) in [5, 5.41) is 13.1. The van der Waals surface area contributed by atoms with Crippen molar-refractivity contribution < 1.29 is 23.8 Å². The molecule has 2 N–H and O–H groups in total. The number of aromatic nitrogens is 2. The van der Waals surface area contributed by atoms with E-state index in [-0.39, 0.29) is 24.1 Å². The van der Waals surface area contributed by atoms with Gasteiger partial charge < -0.3 is 19.7 Å². The van der Waals surface area contributed by atoms with E-state index in [1.165, 1.54) is 12.2 Å². The zero-order chi connectivity index (χ0) is 27.8. The van der Waals surface area contributed by atoms with Gasteiger partial charge in [-0.3, -0.25) is 9.59 Å². The van der Waals surface area contributed by atoms with Gasteiger partial charge in [-0.05, 0) is 31.3 Å². The second kappa shape index (κ2) is 13.5. The van der Waals surface area contributed by atoms with Crippen LogP contribution in [0.15, 0.2) is 60.5 Å². The molecule has 0 radical (unpaired) electrons. The number of ether oxygens (including phenoxy) is 1. The Kier molecular flexibility index (Phi) is 10.4. The zero-order valence-electron chi connectivity index (χ0n) is 22.8. The molecule has 0 bridgehead atoms. The van der Waals surface area contributed by atoms with Crippen LogP contribution in [0.25, 0.3) is 0 Å². The van der Waals surface area contributed by atoms with Crippen molar-refractivity contribution >= 4 is 11.9 Å². The van der Waals surface area contributed by atoms with Crippen LogP contribution in [0.5, 0.6) is 0 Å². The maximum absolute atomic E-state index is 13.9. The van der Waals surface area contributed by atoms with Crippen LogP contribution in [-0.4, -0.2) is 45.3 Å². The normalized spacial score (nSPS) is 22.9. The van der Waals surface area contributed by atoms with E-state index >= 15 is 0 Å². The Morgan fingerprint density at radius 2 is 2.16 bits per heavy atom. The van der Waals surface area contributed by atoms with Crippen molar-refractivity contribution in [3.8, 4) is 0 Å². The van der Waals surface area contributed by atoms with E-state index in [1.54, 1.807) is 19.1 Å². The van der Waals surface area contributed by atoms with Crippen molar-refractivity contribution in [3.63, 3.8) is 0 Å². The molecule has 0 spiro atoms. The van der Waals surface area contributed by atoms with Crippen LogP contribution in [0.3, 0.4) is 0 Å². The van der Waals surface area contributed by atoms with E-state index in [4.69, 9.17) is 9.72 Å². The van der Waals surface area contributed by atoms with E-state index in [9.17, 15) is 19.1 Å². The van der Waals surface area contributed by atoms with Crippen molar-refractivity contribution in [2.75, 3.05) is 6.54 Å². The van der Waals surface area contributed by atoms with E-state index in [0.29, 0.717) is 43.4 Å². The molecule has 3 rings (SSSR count). The van der Waals surface area contributed by atoms with Gasteiger partial charge in [-0.1, -0.05) is 62.8 Å². The van der Waals surface area contributed by atoms with Gasteiger partial charge in [0.25, 0.3) is 5.91 Å². The quantitative estimate of drug-likeness (QED) is 0.229. The lowest BCUT2D eigenvalue weighted by atomic mass is 9.96. The molecule has 0 saturated carbocycles. The lowest BCUT2D eigenvalue weighted by molar-refractivity contribution is -0.160. The van der Waals surface area contributed by atoms with Crippen molar-refractivity contribution in [1.29, 1.82) is 0 Å². The fourth-order valence-corrected chi connectivity index (χ4v) is 4.94. The molecule has 1 amide bonds. The number of amides is 1. The molecule has 2 heterocycles. The van der Waals surface area contributed by atoms with Crippen LogP contribution in [0, 0.1) is 5.92 Å². The van der Waals surface area contributed by atoms with E-state index < -0.39 is 24.1 Å². The molecular formula is C30H40FN3O4. The Morgan fingerprint density at radius 3 is 2.79 bits per heavy atom.